The average Bonchev–Trinajstić information content (AvgIpc) is 3.60. The van der Waals surface area contributed by atoms with Gasteiger partial charge in [-0.1, -0.05) is 48.5 Å². The van der Waals surface area contributed by atoms with E-state index < -0.39 is 0 Å². The fraction of sp³-hybridized carbons (Fsp3) is 0.400. The molecule has 3 aromatic rings. The maximum absolute atomic E-state index is 10.9. The lowest BCUT2D eigenvalue weighted by Crippen LogP contribution is -2.52. The lowest BCUT2D eigenvalue weighted by Gasteiger charge is -2.34. The van der Waals surface area contributed by atoms with Crippen LogP contribution >= 0.6 is 0 Å². The molecule has 210 valence electrons. The minimum atomic E-state index is 0.522. The highest BCUT2D eigenvalue weighted by atomic mass is 16.1. The van der Waals surface area contributed by atoms with Crippen molar-refractivity contribution in [3.05, 3.63) is 48.5 Å². The summed E-state index contributed by atoms with van der Waals surface area (Å²) in [5.74, 6) is 8.17. The summed E-state index contributed by atoms with van der Waals surface area (Å²) in [5, 5.41) is 8.11. The first-order chi connectivity index (χ1) is 19.6. The van der Waals surface area contributed by atoms with Crippen LogP contribution in [0.5, 0.6) is 0 Å². The summed E-state index contributed by atoms with van der Waals surface area (Å²) < 4.78 is 0. The first kappa shape index (κ1) is 27.4. The van der Waals surface area contributed by atoms with Gasteiger partial charge in [0.25, 0.3) is 0 Å². The van der Waals surface area contributed by atoms with Crippen molar-refractivity contribution < 1.29 is 9.59 Å². The van der Waals surface area contributed by atoms with E-state index in [9.17, 15) is 9.59 Å². The Balaban J connectivity index is 1.60. The summed E-state index contributed by atoms with van der Waals surface area (Å²) in [7, 11) is 1.87. The number of anilines is 2. The molecule has 10 nitrogen and oxygen atoms in total. The quantitative estimate of drug-likeness (QED) is 0.0848. The second-order valence-corrected chi connectivity index (χ2v) is 10.2. The molecule has 2 heterocycles. The van der Waals surface area contributed by atoms with Gasteiger partial charge in [-0.05, 0) is 12.8 Å². The number of nitrogens with two attached hydrogens (primary N) is 1. The second kappa shape index (κ2) is 12.8. The molecule has 0 bridgehead atoms. The molecule has 3 aromatic carbocycles. The van der Waals surface area contributed by atoms with E-state index >= 15 is 0 Å². The summed E-state index contributed by atoms with van der Waals surface area (Å²) in [6.45, 7) is 5.17. The summed E-state index contributed by atoms with van der Waals surface area (Å²) in [6.07, 6.45) is 4.61. The number of hydrogen-bond acceptors (Lipinski definition) is 10. The van der Waals surface area contributed by atoms with Crippen LogP contribution in [0.1, 0.15) is 25.7 Å². The first-order valence-corrected chi connectivity index (χ1v) is 14.0. The van der Waals surface area contributed by atoms with E-state index in [2.05, 4.69) is 56.6 Å². The number of benzene rings is 3. The third kappa shape index (κ3) is 5.72. The van der Waals surface area contributed by atoms with Crippen molar-refractivity contribution in [2.45, 2.75) is 25.7 Å². The van der Waals surface area contributed by atoms with Gasteiger partial charge in [-0.3, -0.25) is 15.4 Å². The average molecular weight is 543 g/mol. The minimum absolute atomic E-state index is 0.522. The van der Waals surface area contributed by atoms with Crippen molar-refractivity contribution in [1.82, 2.24) is 15.2 Å². The van der Waals surface area contributed by atoms with Gasteiger partial charge in [0.1, 0.15) is 18.4 Å². The van der Waals surface area contributed by atoms with Crippen LogP contribution in [-0.2, 0) is 9.59 Å². The fourth-order valence-electron chi connectivity index (χ4n) is 5.65. The predicted octanol–water partition coefficient (Wildman–Crippen LogP) is 2.96. The van der Waals surface area contributed by atoms with Crippen molar-refractivity contribution >= 4 is 57.3 Å². The van der Waals surface area contributed by atoms with Gasteiger partial charge < -0.3 is 24.4 Å². The summed E-state index contributed by atoms with van der Waals surface area (Å²) in [6, 6.07) is 16.7. The molecule has 5 rings (SSSR count). The standard InChI is InChI=1S/C30H38N8O2/c1-35(31)28-23-10-2-4-12-25(23)29(26-13-5-3-11-24(26)28)38(22-27-32-14-18-36(27)16-6-8-20-39)34-30-33-15-19-37(30)17-7-9-21-40/h2-5,10-13,20-21H,6-9,14-19,22,31H2,1H3,(H,33,34). The molecular formula is C30H38N8O2. The largest absolute Gasteiger partial charge is 0.357 e. The maximum Gasteiger partial charge on any atom is 0.213 e. The predicted molar refractivity (Wildman–Crippen MR) is 163 cm³/mol. The van der Waals surface area contributed by atoms with Crippen molar-refractivity contribution in [1.29, 1.82) is 0 Å². The number of aliphatic imine (C=N–C) groups is 2. The molecule has 0 spiro atoms. The number of nitrogens with zero attached hydrogens (tertiary/aromatic N) is 6. The molecule has 3 N–H and O–H groups in total. The summed E-state index contributed by atoms with van der Waals surface area (Å²) in [5.41, 5.74) is 5.67. The van der Waals surface area contributed by atoms with Gasteiger partial charge in [0.2, 0.25) is 5.96 Å². The second-order valence-electron chi connectivity index (χ2n) is 10.2. The Bertz CT molecular complexity index is 1320. The van der Waals surface area contributed by atoms with E-state index in [4.69, 9.17) is 15.8 Å². The molecule has 2 aliphatic heterocycles. The summed E-state index contributed by atoms with van der Waals surface area (Å²) >= 11 is 0. The number of amidine groups is 1. The number of aldehydes is 2. The van der Waals surface area contributed by atoms with E-state index in [-0.39, 0.29) is 0 Å². The monoisotopic (exact) mass is 542 g/mol. The third-order valence-corrected chi connectivity index (χ3v) is 7.49. The van der Waals surface area contributed by atoms with E-state index in [1.807, 2.05) is 19.2 Å². The van der Waals surface area contributed by atoms with E-state index in [1.54, 1.807) is 5.01 Å². The zero-order chi connectivity index (χ0) is 27.9. The van der Waals surface area contributed by atoms with Crippen molar-refractivity contribution in [2.24, 2.45) is 15.8 Å². The van der Waals surface area contributed by atoms with Gasteiger partial charge in [0.05, 0.1) is 31.0 Å². The number of carbonyl (C=O) groups is 2. The molecule has 2 aliphatic rings. The van der Waals surface area contributed by atoms with E-state index in [0.29, 0.717) is 25.9 Å². The zero-order valence-electron chi connectivity index (χ0n) is 23.1. The molecule has 0 unspecified atom stereocenters. The third-order valence-electron chi connectivity index (χ3n) is 7.49. The molecule has 0 radical (unpaired) electrons. The fourth-order valence-corrected chi connectivity index (χ4v) is 5.65. The summed E-state index contributed by atoms with van der Waals surface area (Å²) in [4.78, 5) is 36.1. The molecule has 0 saturated heterocycles. The normalized spacial score (nSPS) is 14.9. The van der Waals surface area contributed by atoms with Crippen LogP contribution in [-0.4, -0.2) is 87.0 Å². The lowest BCUT2D eigenvalue weighted by molar-refractivity contribution is -0.108. The number of hydrazine groups is 2. The molecule has 0 amide bonds. The van der Waals surface area contributed by atoms with Crippen LogP contribution in [0.3, 0.4) is 0 Å². The van der Waals surface area contributed by atoms with Gasteiger partial charge >= 0.3 is 0 Å². The maximum atomic E-state index is 10.9. The van der Waals surface area contributed by atoms with Gasteiger partial charge in [-0.25, -0.2) is 10.8 Å². The number of rotatable bonds is 13. The first-order valence-electron chi connectivity index (χ1n) is 14.0. The molecule has 0 saturated carbocycles. The van der Waals surface area contributed by atoms with E-state index in [0.717, 1.165) is 103 Å². The highest BCUT2D eigenvalue weighted by Crippen LogP contribution is 2.42. The smallest absolute Gasteiger partial charge is 0.213 e. The van der Waals surface area contributed by atoms with E-state index in [1.165, 1.54) is 0 Å². The molecule has 0 fully saturated rings. The Morgan fingerprint density at radius 1 is 0.825 bits per heavy atom. The number of unbranched alkanes of at least 4 members (excludes halogenated alkanes) is 2. The Morgan fingerprint density at radius 2 is 1.35 bits per heavy atom. The van der Waals surface area contributed by atoms with Crippen LogP contribution in [0.25, 0.3) is 21.5 Å². The van der Waals surface area contributed by atoms with Crippen molar-refractivity contribution in [2.75, 3.05) is 62.9 Å². The minimum Gasteiger partial charge on any atom is -0.357 e. The Labute approximate surface area is 235 Å². The van der Waals surface area contributed by atoms with Crippen molar-refractivity contribution in [3.8, 4) is 0 Å². The molecule has 0 atom stereocenters. The Hall–Kier alpha value is -4.18. The Kier molecular flexibility index (Phi) is 8.75. The lowest BCUT2D eigenvalue weighted by atomic mass is 9.97. The molecule has 10 heteroatoms. The van der Waals surface area contributed by atoms with Crippen LogP contribution in [0.2, 0.25) is 0 Å². The van der Waals surface area contributed by atoms with Gasteiger partial charge in [0.15, 0.2) is 0 Å². The van der Waals surface area contributed by atoms with Gasteiger partial charge in [-0.2, -0.15) is 0 Å². The van der Waals surface area contributed by atoms with Gasteiger partial charge in [0, 0.05) is 67.6 Å². The highest BCUT2D eigenvalue weighted by Gasteiger charge is 2.27. The van der Waals surface area contributed by atoms with Crippen LogP contribution in [0.4, 0.5) is 11.4 Å². The SMILES string of the molecule is CN(N)c1c2ccccc2c(N(CC2=NCCN2CCCC=O)NC2=NCCN2CCCC=O)c2ccccc12. The number of guanidine groups is 1. The van der Waals surface area contributed by atoms with Crippen molar-refractivity contribution in [3.63, 3.8) is 0 Å². The van der Waals surface area contributed by atoms with Crippen LogP contribution in [0, 0.1) is 0 Å². The molecule has 0 aliphatic carbocycles. The van der Waals surface area contributed by atoms with Crippen LogP contribution < -0.4 is 21.3 Å². The molecule has 0 aromatic heterocycles. The molecule has 40 heavy (non-hydrogen) atoms. The van der Waals surface area contributed by atoms with Crippen LogP contribution in [0.15, 0.2) is 58.5 Å². The Morgan fingerprint density at radius 3 is 1.93 bits per heavy atom. The number of fused-ring (bicyclic) bond motifs is 2. The zero-order valence-corrected chi connectivity index (χ0v) is 23.1. The molecular weight excluding hydrogens is 504 g/mol. The number of nitrogens with one attached hydrogen (secondary N) is 1. The van der Waals surface area contributed by atoms with Gasteiger partial charge in [-0.15, -0.1) is 0 Å². The number of hydrogen-bond donors (Lipinski definition) is 2. The highest BCUT2D eigenvalue weighted by molar-refractivity contribution is 6.20. The number of carbonyl (C=O) groups excluding carboxylic acids is 2. The topological polar surface area (TPSA) is 110 Å².